The largest absolute Gasteiger partial charge is 0.335 e. The van der Waals surface area contributed by atoms with E-state index in [1.54, 1.807) is 24.8 Å². The molecule has 2 amide bonds. The van der Waals surface area contributed by atoms with Crippen LogP contribution in [0, 0.1) is 13.8 Å². The number of nitrogens with one attached hydrogen (secondary N) is 1. The maximum atomic E-state index is 13.5. The summed E-state index contributed by atoms with van der Waals surface area (Å²) >= 11 is 0. The van der Waals surface area contributed by atoms with E-state index in [-0.39, 0.29) is 50.9 Å². The molecule has 7 rings (SSSR count). The molecule has 2 saturated heterocycles. The van der Waals surface area contributed by atoms with Crippen molar-refractivity contribution in [3.8, 4) is 11.4 Å². The number of aryl methyl sites for hydroxylation is 2. The number of aromatic nitrogens is 6. The maximum absolute atomic E-state index is 13.5. The molecule has 0 aliphatic carbocycles. The highest BCUT2D eigenvalue weighted by molar-refractivity contribution is 7.59. The summed E-state index contributed by atoms with van der Waals surface area (Å²) in [4.78, 5) is 36.0. The molecule has 0 unspecified atom stereocenters. The van der Waals surface area contributed by atoms with Crippen molar-refractivity contribution in [2.45, 2.75) is 59.2 Å². The zero-order valence-corrected chi connectivity index (χ0v) is 33.0. The van der Waals surface area contributed by atoms with E-state index in [2.05, 4.69) is 68.7 Å². The van der Waals surface area contributed by atoms with Crippen molar-refractivity contribution in [3.63, 3.8) is 0 Å². The van der Waals surface area contributed by atoms with Gasteiger partial charge in [0.15, 0.2) is 0 Å². The summed E-state index contributed by atoms with van der Waals surface area (Å²) in [6.07, 6.45) is 8.42. The van der Waals surface area contributed by atoms with Crippen LogP contribution in [0.3, 0.4) is 0 Å². The Morgan fingerprint density at radius 1 is 0.642 bits per heavy atom. The number of rotatable bonds is 6. The number of carbonyl (C=O) groups excluding carboxylic acids is 2. The first kappa shape index (κ1) is 41.3. The zero-order valence-electron chi connectivity index (χ0n) is 31.0. The van der Waals surface area contributed by atoms with Gasteiger partial charge < -0.3 is 15.1 Å². The van der Waals surface area contributed by atoms with E-state index in [4.69, 9.17) is 0 Å². The molecular formula is C39H52N10O2S2. The molecule has 53 heavy (non-hydrogen) atoms. The van der Waals surface area contributed by atoms with Crippen molar-refractivity contribution in [3.05, 3.63) is 119 Å². The lowest BCUT2D eigenvalue weighted by Gasteiger charge is -2.27. The first-order valence-electron chi connectivity index (χ1n) is 17.8. The maximum Gasteiger partial charge on any atom is 0.256 e. The van der Waals surface area contributed by atoms with Crippen LogP contribution < -0.4 is 5.32 Å². The molecule has 282 valence electrons. The summed E-state index contributed by atoms with van der Waals surface area (Å²) in [5.41, 5.74) is 6.19. The minimum atomic E-state index is 0. The Bertz CT molecular complexity index is 1890. The molecule has 0 saturated carbocycles. The molecule has 2 atom stereocenters. The van der Waals surface area contributed by atoms with Gasteiger partial charge in [-0.2, -0.15) is 57.0 Å². The van der Waals surface area contributed by atoms with Crippen molar-refractivity contribution in [2.75, 3.05) is 39.3 Å². The van der Waals surface area contributed by atoms with Gasteiger partial charge in [-0.15, -0.1) is 0 Å². The number of nitrogens with zero attached hydrogens (tertiary/aromatic N) is 9. The molecule has 1 N–H and O–H groups in total. The highest BCUT2D eigenvalue weighted by atomic mass is 32.1. The summed E-state index contributed by atoms with van der Waals surface area (Å²) in [6.45, 7) is 14.2. The third-order valence-corrected chi connectivity index (χ3v) is 9.66. The molecule has 2 aromatic heterocycles. The van der Waals surface area contributed by atoms with E-state index in [9.17, 15) is 9.59 Å². The Hall–Kier alpha value is -4.50. The van der Waals surface area contributed by atoms with Gasteiger partial charge in [0, 0.05) is 51.4 Å². The minimum absolute atomic E-state index is 0. The van der Waals surface area contributed by atoms with Gasteiger partial charge >= 0.3 is 0 Å². The Labute approximate surface area is 326 Å². The highest BCUT2D eigenvalue weighted by Crippen LogP contribution is 2.22. The standard InChI is InChI=1S/C23H27N5O.C16H21N5O.2H2S/c1-18-8-9-22(28-24-11-12-25-28)21(16-18)23(29)27-15-14-26(13-10-19(27)2)17-20-6-4-3-5-7-20;1-12-3-4-15(21-18-7-8-19-21)14(11-12)16(22)20-10-9-17-6-5-13(20)2;;/h3-9,11-12,16,19H,10,13-15,17H2,1-2H3;3-4,7-8,11,13,17H,5-6,9-10H2,1-2H3;2*1H2/t19-;13-;;/m00../s1. The third kappa shape index (κ3) is 10.3. The first-order chi connectivity index (χ1) is 24.8. The van der Waals surface area contributed by atoms with Crippen LogP contribution in [0.25, 0.3) is 11.4 Å². The average Bonchev–Trinajstić information content (AvgIpc) is 3.81. The molecule has 2 fully saturated rings. The fourth-order valence-corrected chi connectivity index (χ4v) is 6.70. The van der Waals surface area contributed by atoms with Gasteiger partial charge in [-0.05, 0) is 76.9 Å². The van der Waals surface area contributed by atoms with Crippen molar-refractivity contribution in [2.24, 2.45) is 0 Å². The molecule has 12 nitrogen and oxygen atoms in total. The summed E-state index contributed by atoms with van der Waals surface area (Å²) in [5.74, 6) is 0.0993. The van der Waals surface area contributed by atoms with E-state index in [0.717, 1.165) is 74.6 Å². The van der Waals surface area contributed by atoms with Crippen LogP contribution in [0.4, 0.5) is 0 Å². The predicted octanol–water partition coefficient (Wildman–Crippen LogP) is 4.94. The Morgan fingerprint density at radius 2 is 1.15 bits per heavy atom. The molecule has 0 bridgehead atoms. The van der Waals surface area contributed by atoms with Crippen molar-refractivity contribution >= 4 is 38.8 Å². The Morgan fingerprint density at radius 3 is 1.70 bits per heavy atom. The molecule has 2 aliphatic heterocycles. The molecule has 0 radical (unpaired) electrons. The quantitative estimate of drug-likeness (QED) is 0.259. The summed E-state index contributed by atoms with van der Waals surface area (Å²) in [5, 5.41) is 20.1. The van der Waals surface area contributed by atoms with Gasteiger partial charge in [-0.1, -0.05) is 53.6 Å². The van der Waals surface area contributed by atoms with Crippen molar-refractivity contribution in [1.29, 1.82) is 0 Å². The van der Waals surface area contributed by atoms with Gasteiger partial charge in [-0.25, -0.2) is 0 Å². The van der Waals surface area contributed by atoms with Gasteiger partial charge in [0.05, 0.1) is 47.3 Å². The average molecular weight is 757 g/mol. The van der Waals surface area contributed by atoms with E-state index in [1.165, 1.54) is 15.2 Å². The van der Waals surface area contributed by atoms with Crippen LogP contribution in [0.2, 0.25) is 0 Å². The van der Waals surface area contributed by atoms with Gasteiger partial charge in [0.1, 0.15) is 0 Å². The number of hydrogen-bond donors (Lipinski definition) is 1. The fourth-order valence-electron chi connectivity index (χ4n) is 6.70. The van der Waals surface area contributed by atoms with Crippen LogP contribution in [0.15, 0.2) is 91.5 Å². The molecule has 5 aromatic rings. The number of carbonyl (C=O) groups is 2. The molecule has 4 heterocycles. The van der Waals surface area contributed by atoms with Gasteiger partial charge in [0.2, 0.25) is 0 Å². The minimum Gasteiger partial charge on any atom is -0.335 e. The Balaban J connectivity index is 0.000000236. The van der Waals surface area contributed by atoms with E-state index >= 15 is 0 Å². The lowest BCUT2D eigenvalue weighted by Crippen LogP contribution is -2.40. The molecule has 0 spiro atoms. The molecule has 14 heteroatoms. The number of benzene rings is 3. The summed E-state index contributed by atoms with van der Waals surface area (Å²) in [6, 6.07) is 22.6. The van der Waals surface area contributed by atoms with Crippen molar-refractivity contribution < 1.29 is 9.59 Å². The molecular weight excluding hydrogens is 705 g/mol. The second-order valence-electron chi connectivity index (χ2n) is 13.5. The summed E-state index contributed by atoms with van der Waals surface area (Å²) < 4.78 is 0. The van der Waals surface area contributed by atoms with Gasteiger partial charge in [0.25, 0.3) is 11.8 Å². The SMILES string of the molecule is Cc1ccc(-n2nccn2)c(C(=O)N2CCN(Cc3ccccc3)CC[C@@H]2C)c1.Cc1ccc(-n2nccn2)c(C(=O)N2CCNCC[C@@H]2C)c1.S.S. The fraction of sp³-hybridized carbons (Fsp3) is 0.385. The zero-order chi connectivity index (χ0) is 35.7. The van der Waals surface area contributed by atoms with Crippen LogP contribution in [-0.2, 0) is 6.54 Å². The highest BCUT2D eigenvalue weighted by Gasteiger charge is 2.28. The van der Waals surface area contributed by atoms with Gasteiger partial charge in [-0.3, -0.25) is 14.5 Å². The lowest BCUT2D eigenvalue weighted by molar-refractivity contribution is 0.0694. The topological polar surface area (TPSA) is 117 Å². The third-order valence-electron chi connectivity index (χ3n) is 9.66. The van der Waals surface area contributed by atoms with E-state index in [0.29, 0.717) is 17.7 Å². The second kappa shape index (κ2) is 19.5. The smallest absolute Gasteiger partial charge is 0.256 e. The normalized spacial score (nSPS) is 17.7. The predicted molar refractivity (Wildman–Crippen MR) is 218 cm³/mol. The van der Waals surface area contributed by atoms with Crippen LogP contribution in [-0.4, -0.2) is 108 Å². The van der Waals surface area contributed by atoms with E-state index in [1.807, 2.05) is 66.1 Å². The number of hydrogen-bond acceptors (Lipinski definition) is 8. The van der Waals surface area contributed by atoms with E-state index < -0.39 is 0 Å². The van der Waals surface area contributed by atoms with Crippen LogP contribution in [0.1, 0.15) is 64.1 Å². The van der Waals surface area contributed by atoms with Crippen molar-refractivity contribution in [1.82, 2.24) is 50.0 Å². The first-order valence-corrected chi connectivity index (χ1v) is 17.8. The lowest BCUT2D eigenvalue weighted by atomic mass is 10.1. The molecule has 2 aliphatic rings. The summed E-state index contributed by atoms with van der Waals surface area (Å²) in [7, 11) is 0. The van der Waals surface area contributed by atoms with Crippen LogP contribution >= 0.6 is 27.0 Å². The number of amides is 2. The van der Waals surface area contributed by atoms with Crippen LogP contribution in [0.5, 0.6) is 0 Å². The second-order valence-corrected chi connectivity index (χ2v) is 13.5. The molecule has 3 aromatic carbocycles. The Kier molecular flexibility index (Phi) is 15.2. The monoisotopic (exact) mass is 756 g/mol.